The van der Waals surface area contributed by atoms with Crippen molar-refractivity contribution in [2.45, 2.75) is 0 Å². The Bertz CT molecular complexity index is 386. The van der Waals surface area contributed by atoms with Gasteiger partial charge in [0.15, 0.2) is 0 Å². The fourth-order valence-corrected chi connectivity index (χ4v) is 0.782. The van der Waals surface area contributed by atoms with E-state index in [1.165, 1.54) is 30.5 Å². The maximum absolute atomic E-state index is 4.87. The zero-order valence-electron chi connectivity index (χ0n) is 6.82. The lowest BCUT2D eigenvalue weighted by Gasteiger charge is -1.98. The molecule has 66 valence electrons. The molecule has 2 aromatic heterocycles. The molecule has 0 atom stereocenters. The molecule has 13 heavy (non-hydrogen) atoms. The Labute approximate surface area is 73.4 Å². The number of methoxy groups -OCH3 is 1. The molecule has 0 bridgehead atoms. The van der Waals surface area contributed by atoms with Gasteiger partial charge < -0.3 is 4.74 Å². The predicted molar refractivity (Wildman–Crippen MR) is 41.3 cm³/mol. The second kappa shape index (κ2) is 3.13. The van der Waals surface area contributed by atoms with E-state index in [0.29, 0.717) is 5.88 Å². The average molecular weight is 178 g/mol. The molecule has 0 amide bonds. The van der Waals surface area contributed by atoms with E-state index in [1.54, 1.807) is 0 Å². The summed E-state index contributed by atoms with van der Waals surface area (Å²) in [4.78, 5) is 5.24. The smallest absolute Gasteiger partial charge is 0.290 e. The van der Waals surface area contributed by atoms with Crippen LogP contribution in [0.3, 0.4) is 0 Å². The van der Waals surface area contributed by atoms with Crippen molar-refractivity contribution in [2.24, 2.45) is 0 Å². The van der Waals surface area contributed by atoms with Crippen molar-refractivity contribution in [1.29, 1.82) is 0 Å². The highest BCUT2D eigenvalue weighted by Gasteiger charge is 2.02. The molecule has 0 radical (unpaired) electrons. The zero-order valence-corrected chi connectivity index (χ0v) is 6.82. The SMILES string of the molecule is COc1cnnc(-n2nccn2)n1. The predicted octanol–water partition coefficient (Wildman–Crippen LogP) is -0.539. The normalized spacial score (nSPS) is 9.92. The molecule has 7 nitrogen and oxygen atoms in total. The Morgan fingerprint density at radius 2 is 2.08 bits per heavy atom. The Kier molecular flexibility index (Phi) is 1.83. The molecule has 0 aromatic carbocycles. The van der Waals surface area contributed by atoms with Crippen molar-refractivity contribution in [1.82, 2.24) is 30.2 Å². The van der Waals surface area contributed by atoms with Crippen LogP contribution in [0.25, 0.3) is 5.95 Å². The van der Waals surface area contributed by atoms with Gasteiger partial charge in [0.25, 0.3) is 5.95 Å². The van der Waals surface area contributed by atoms with E-state index in [4.69, 9.17) is 4.74 Å². The second-order valence-electron chi connectivity index (χ2n) is 2.12. The summed E-state index contributed by atoms with van der Waals surface area (Å²) in [6.07, 6.45) is 4.47. The minimum atomic E-state index is 0.282. The van der Waals surface area contributed by atoms with Crippen LogP contribution in [0, 0.1) is 0 Å². The summed E-state index contributed by atoms with van der Waals surface area (Å²) in [5, 5.41) is 15.1. The fourth-order valence-electron chi connectivity index (χ4n) is 0.782. The standard InChI is InChI=1S/C6H6N6O/c1-13-5-4-7-11-6(10-5)12-8-2-3-9-12/h2-4H,1H3. The van der Waals surface area contributed by atoms with E-state index in [-0.39, 0.29) is 5.95 Å². The van der Waals surface area contributed by atoms with Crippen LogP contribution in [-0.2, 0) is 0 Å². The highest BCUT2D eigenvalue weighted by molar-refractivity contribution is 5.10. The third-order valence-electron chi connectivity index (χ3n) is 1.33. The maximum atomic E-state index is 4.87. The number of hydrogen-bond donors (Lipinski definition) is 0. The second-order valence-corrected chi connectivity index (χ2v) is 2.12. The lowest BCUT2D eigenvalue weighted by Crippen LogP contribution is -2.06. The Balaban J connectivity index is 2.41. The van der Waals surface area contributed by atoms with E-state index in [9.17, 15) is 0 Å². The van der Waals surface area contributed by atoms with Crippen molar-refractivity contribution in [3.63, 3.8) is 0 Å². The highest BCUT2D eigenvalue weighted by atomic mass is 16.5. The van der Waals surface area contributed by atoms with Crippen molar-refractivity contribution in [3.05, 3.63) is 18.6 Å². The molecule has 0 aliphatic rings. The van der Waals surface area contributed by atoms with E-state index < -0.39 is 0 Å². The molecule has 0 fully saturated rings. The van der Waals surface area contributed by atoms with E-state index in [0.717, 1.165) is 0 Å². The lowest BCUT2D eigenvalue weighted by molar-refractivity contribution is 0.391. The van der Waals surface area contributed by atoms with Crippen molar-refractivity contribution >= 4 is 0 Å². The number of hydrogen-bond acceptors (Lipinski definition) is 6. The molecular weight excluding hydrogens is 172 g/mol. The zero-order chi connectivity index (χ0) is 9.10. The molecule has 0 aliphatic carbocycles. The Morgan fingerprint density at radius 3 is 2.77 bits per heavy atom. The molecule has 0 N–H and O–H groups in total. The summed E-state index contributed by atoms with van der Waals surface area (Å²) in [7, 11) is 1.50. The monoisotopic (exact) mass is 178 g/mol. The van der Waals surface area contributed by atoms with Crippen molar-refractivity contribution < 1.29 is 4.74 Å². The average Bonchev–Trinajstić information content (AvgIpc) is 2.71. The molecule has 0 spiro atoms. The summed E-state index contributed by atoms with van der Waals surface area (Å²) in [6, 6.07) is 0. The van der Waals surface area contributed by atoms with E-state index in [2.05, 4.69) is 25.4 Å². The number of rotatable bonds is 2. The molecule has 2 aromatic rings. The van der Waals surface area contributed by atoms with Gasteiger partial charge in [-0.2, -0.15) is 15.2 Å². The third kappa shape index (κ3) is 1.43. The van der Waals surface area contributed by atoms with Gasteiger partial charge in [-0.15, -0.1) is 15.0 Å². The molecule has 0 saturated carbocycles. The van der Waals surface area contributed by atoms with Gasteiger partial charge in [-0.1, -0.05) is 0 Å². The van der Waals surface area contributed by atoms with Crippen LogP contribution in [0.1, 0.15) is 0 Å². The summed E-state index contributed by atoms with van der Waals surface area (Å²) in [6.45, 7) is 0. The summed E-state index contributed by atoms with van der Waals surface area (Å²) >= 11 is 0. The first-order valence-corrected chi connectivity index (χ1v) is 3.50. The molecule has 7 heteroatoms. The third-order valence-corrected chi connectivity index (χ3v) is 1.33. The van der Waals surface area contributed by atoms with E-state index >= 15 is 0 Å². The topological polar surface area (TPSA) is 78.6 Å². The van der Waals surface area contributed by atoms with Crippen LogP contribution in [0.2, 0.25) is 0 Å². The molecule has 0 aliphatic heterocycles. The van der Waals surface area contributed by atoms with Crippen LogP contribution in [0.15, 0.2) is 18.6 Å². The number of ether oxygens (including phenoxy) is 1. The molecular formula is C6H6N6O. The van der Waals surface area contributed by atoms with Gasteiger partial charge in [0.05, 0.1) is 19.5 Å². The first-order chi connectivity index (χ1) is 6.40. The summed E-state index contributed by atoms with van der Waals surface area (Å²) in [5.74, 6) is 0.659. The minimum Gasteiger partial charge on any atom is -0.480 e. The lowest BCUT2D eigenvalue weighted by atomic mass is 10.8. The number of aromatic nitrogens is 6. The quantitative estimate of drug-likeness (QED) is 0.614. The van der Waals surface area contributed by atoms with E-state index in [1.807, 2.05) is 0 Å². The van der Waals surface area contributed by atoms with Crippen LogP contribution in [-0.4, -0.2) is 37.3 Å². The van der Waals surface area contributed by atoms with Crippen LogP contribution < -0.4 is 4.74 Å². The molecule has 0 unspecified atom stereocenters. The highest BCUT2D eigenvalue weighted by Crippen LogP contribution is 2.02. The molecule has 0 saturated heterocycles. The van der Waals surface area contributed by atoms with Gasteiger partial charge >= 0.3 is 0 Å². The Morgan fingerprint density at radius 1 is 1.31 bits per heavy atom. The van der Waals surface area contributed by atoms with Gasteiger partial charge in [0, 0.05) is 0 Å². The van der Waals surface area contributed by atoms with Crippen molar-refractivity contribution in [3.8, 4) is 11.8 Å². The number of nitrogens with zero attached hydrogens (tertiary/aromatic N) is 6. The van der Waals surface area contributed by atoms with Crippen LogP contribution in [0.5, 0.6) is 5.88 Å². The first-order valence-electron chi connectivity index (χ1n) is 3.50. The Hall–Kier alpha value is -2.05. The van der Waals surface area contributed by atoms with Crippen LogP contribution in [0.4, 0.5) is 0 Å². The molecule has 2 rings (SSSR count). The molecule has 2 heterocycles. The summed E-state index contributed by atoms with van der Waals surface area (Å²) in [5.41, 5.74) is 0. The largest absolute Gasteiger partial charge is 0.480 e. The van der Waals surface area contributed by atoms with Crippen molar-refractivity contribution in [2.75, 3.05) is 7.11 Å². The van der Waals surface area contributed by atoms with Crippen LogP contribution >= 0.6 is 0 Å². The van der Waals surface area contributed by atoms with Gasteiger partial charge in [-0.3, -0.25) is 0 Å². The summed E-state index contributed by atoms with van der Waals surface area (Å²) < 4.78 is 4.87. The maximum Gasteiger partial charge on any atom is 0.290 e. The van der Waals surface area contributed by atoms with Gasteiger partial charge in [-0.05, 0) is 0 Å². The van der Waals surface area contributed by atoms with Gasteiger partial charge in [-0.25, -0.2) is 0 Å². The van der Waals surface area contributed by atoms with Gasteiger partial charge in [0.2, 0.25) is 5.88 Å². The first kappa shape index (κ1) is 7.59. The minimum absolute atomic E-state index is 0.282. The van der Waals surface area contributed by atoms with Gasteiger partial charge in [0.1, 0.15) is 6.20 Å². The fraction of sp³-hybridized carbons (Fsp3) is 0.167.